The molecule has 0 saturated heterocycles. The summed E-state index contributed by atoms with van der Waals surface area (Å²) in [5, 5.41) is 0. The van der Waals surface area contributed by atoms with Crippen LogP contribution in [0.25, 0.3) is 0 Å². The first-order chi connectivity index (χ1) is 7.75. The Hall–Kier alpha value is -0.810. The second kappa shape index (κ2) is 6.81. The molecule has 0 aliphatic carbocycles. The van der Waals surface area contributed by atoms with Crippen LogP contribution in [0.5, 0.6) is 0 Å². The highest BCUT2D eigenvalue weighted by Gasteiger charge is 2.51. The zero-order chi connectivity index (χ0) is 13.6. The maximum absolute atomic E-state index is 12.9. The van der Waals surface area contributed by atoms with Gasteiger partial charge in [-0.05, 0) is 20.3 Å². The van der Waals surface area contributed by atoms with Crippen LogP contribution >= 0.6 is 0 Å². The lowest BCUT2D eigenvalue weighted by molar-refractivity contribution is -0.182. The van der Waals surface area contributed by atoms with Crippen LogP contribution in [0.4, 0.5) is 17.6 Å². The lowest BCUT2D eigenvalue weighted by atomic mass is 10.2. The van der Waals surface area contributed by atoms with Gasteiger partial charge in [-0.3, -0.25) is 4.79 Å². The van der Waals surface area contributed by atoms with Crippen molar-refractivity contribution in [3.63, 3.8) is 0 Å². The Morgan fingerprint density at radius 1 is 1.24 bits per heavy atom. The van der Waals surface area contributed by atoms with Gasteiger partial charge in [0, 0.05) is 12.6 Å². The van der Waals surface area contributed by atoms with E-state index in [0.717, 1.165) is 17.7 Å². The third-order valence-electron chi connectivity index (χ3n) is 2.45. The third kappa shape index (κ3) is 4.52. The Labute approximate surface area is 99.0 Å². The van der Waals surface area contributed by atoms with E-state index in [-0.39, 0.29) is 6.54 Å². The first-order valence-corrected chi connectivity index (χ1v) is 5.72. The SMILES string of the molecule is CCCCCN(C(=O)C(F)(F)C(F)F)C(C)C. The van der Waals surface area contributed by atoms with Crippen LogP contribution in [0.2, 0.25) is 0 Å². The van der Waals surface area contributed by atoms with Gasteiger partial charge in [0.1, 0.15) is 0 Å². The number of nitrogens with zero attached hydrogens (tertiary/aromatic N) is 1. The fraction of sp³-hybridized carbons (Fsp3) is 0.909. The van der Waals surface area contributed by atoms with Crippen LogP contribution in [-0.4, -0.2) is 35.7 Å². The third-order valence-corrected chi connectivity index (χ3v) is 2.45. The summed E-state index contributed by atoms with van der Waals surface area (Å²) < 4.78 is 50.0. The Morgan fingerprint density at radius 2 is 1.76 bits per heavy atom. The minimum Gasteiger partial charge on any atom is -0.335 e. The molecule has 0 aromatic rings. The van der Waals surface area contributed by atoms with Crippen molar-refractivity contribution in [2.45, 2.75) is 58.4 Å². The molecule has 17 heavy (non-hydrogen) atoms. The molecule has 0 aliphatic rings. The molecule has 1 amide bonds. The molecular weight excluding hydrogens is 238 g/mol. The van der Waals surface area contributed by atoms with E-state index in [4.69, 9.17) is 0 Å². The van der Waals surface area contributed by atoms with Gasteiger partial charge in [0.25, 0.3) is 5.91 Å². The van der Waals surface area contributed by atoms with E-state index in [9.17, 15) is 22.4 Å². The number of halogens is 4. The minimum absolute atomic E-state index is 0.0899. The van der Waals surface area contributed by atoms with Gasteiger partial charge in [0.15, 0.2) is 0 Å². The van der Waals surface area contributed by atoms with E-state index in [1.165, 1.54) is 13.8 Å². The monoisotopic (exact) mass is 257 g/mol. The predicted molar refractivity (Wildman–Crippen MR) is 57.3 cm³/mol. The summed E-state index contributed by atoms with van der Waals surface area (Å²) in [6.45, 7) is 5.08. The van der Waals surface area contributed by atoms with Crippen molar-refractivity contribution in [1.29, 1.82) is 0 Å². The van der Waals surface area contributed by atoms with E-state index in [2.05, 4.69) is 0 Å². The van der Waals surface area contributed by atoms with Gasteiger partial charge in [0.05, 0.1) is 0 Å². The fourth-order valence-corrected chi connectivity index (χ4v) is 1.41. The van der Waals surface area contributed by atoms with Crippen LogP contribution in [0.1, 0.15) is 40.0 Å². The number of carbonyl (C=O) groups excluding carboxylic acids is 1. The molecule has 0 spiro atoms. The Bertz CT molecular complexity index is 244. The second-order valence-corrected chi connectivity index (χ2v) is 4.22. The summed E-state index contributed by atoms with van der Waals surface area (Å²) in [6.07, 6.45) is -1.77. The highest BCUT2D eigenvalue weighted by atomic mass is 19.3. The predicted octanol–water partition coefficient (Wildman–Crippen LogP) is 3.31. The molecule has 0 saturated carbocycles. The zero-order valence-corrected chi connectivity index (χ0v) is 10.4. The molecule has 102 valence electrons. The van der Waals surface area contributed by atoms with E-state index >= 15 is 0 Å². The van der Waals surface area contributed by atoms with E-state index in [1.807, 2.05) is 6.92 Å². The Balaban J connectivity index is 4.65. The van der Waals surface area contributed by atoms with Crippen molar-refractivity contribution in [2.75, 3.05) is 6.54 Å². The summed E-state index contributed by atoms with van der Waals surface area (Å²) in [5.41, 5.74) is 0. The fourth-order valence-electron chi connectivity index (χ4n) is 1.41. The van der Waals surface area contributed by atoms with Crippen LogP contribution in [-0.2, 0) is 4.79 Å². The van der Waals surface area contributed by atoms with E-state index in [0.29, 0.717) is 6.42 Å². The standard InChI is InChI=1S/C11H19F4NO/c1-4-5-6-7-16(8(2)3)10(17)11(14,15)9(12)13/h8-9H,4-7H2,1-3H3. The van der Waals surface area contributed by atoms with Gasteiger partial charge in [0.2, 0.25) is 0 Å². The molecule has 6 heteroatoms. The van der Waals surface area contributed by atoms with Crippen molar-refractivity contribution >= 4 is 5.91 Å². The maximum atomic E-state index is 12.9. The molecular formula is C11H19F4NO. The molecule has 0 rings (SSSR count). The van der Waals surface area contributed by atoms with Crippen molar-refractivity contribution in [1.82, 2.24) is 4.90 Å². The molecule has 0 aromatic carbocycles. The van der Waals surface area contributed by atoms with Gasteiger partial charge in [-0.2, -0.15) is 8.78 Å². The van der Waals surface area contributed by atoms with Crippen LogP contribution in [0.3, 0.4) is 0 Å². The quantitative estimate of drug-likeness (QED) is 0.506. The van der Waals surface area contributed by atoms with Crippen molar-refractivity contribution in [3.8, 4) is 0 Å². The molecule has 0 N–H and O–H groups in total. The number of alkyl halides is 4. The first kappa shape index (κ1) is 16.2. The maximum Gasteiger partial charge on any atom is 0.383 e. The molecule has 0 aromatic heterocycles. The van der Waals surface area contributed by atoms with Crippen LogP contribution in [0, 0.1) is 0 Å². The summed E-state index contributed by atoms with van der Waals surface area (Å²) in [4.78, 5) is 12.2. The lowest BCUT2D eigenvalue weighted by Gasteiger charge is -2.30. The van der Waals surface area contributed by atoms with Gasteiger partial charge >= 0.3 is 12.3 Å². The topological polar surface area (TPSA) is 20.3 Å². The number of unbranched alkanes of at least 4 members (excludes halogenated alkanes) is 2. The Kier molecular flexibility index (Phi) is 6.49. The van der Waals surface area contributed by atoms with Gasteiger partial charge in [-0.1, -0.05) is 19.8 Å². The van der Waals surface area contributed by atoms with Crippen LogP contribution in [0.15, 0.2) is 0 Å². The van der Waals surface area contributed by atoms with Gasteiger partial charge < -0.3 is 4.90 Å². The summed E-state index contributed by atoms with van der Waals surface area (Å²) in [6, 6.07) is -0.510. The van der Waals surface area contributed by atoms with Gasteiger partial charge in [-0.15, -0.1) is 0 Å². The van der Waals surface area contributed by atoms with E-state index in [1.54, 1.807) is 0 Å². The summed E-state index contributed by atoms with van der Waals surface area (Å²) >= 11 is 0. The normalized spacial score (nSPS) is 12.3. The average Bonchev–Trinajstić information content (AvgIpc) is 2.22. The molecule has 0 atom stereocenters. The zero-order valence-electron chi connectivity index (χ0n) is 10.4. The van der Waals surface area contributed by atoms with E-state index < -0.39 is 24.3 Å². The van der Waals surface area contributed by atoms with Crippen molar-refractivity contribution in [2.24, 2.45) is 0 Å². The average molecular weight is 257 g/mol. The van der Waals surface area contributed by atoms with Crippen molar-refractivity contribution in [3.05, 3.63) is 0 Å². The summed E-state index contributed by atoms with van der Waals surface area (Å²) in [5.74, 6) is -6.37. The number of hydrogen-bond donors (Lipinski definition) is 0. The minimum atomic E-state index is -4.59. The van der Waals surface area contributed by atoms with Crippen molar-refractivity contribution < 1.29 is 22.4 Å². The molecule has 0 fully saturated rings. The molecule has 0 heterocycles. The lowest BCUT2D eigenvalue weighted by Crippen LogP contribution is -2.50. The number of rotatable bonds is 7. The Morgan fingerprint density at radius 3 is 2.12 bits per heavy atom. The highest BCUT2D eigenvalue weighted by molar-refractivity contribution is 5.84. The number of amides is 1. The smallest absolute Gasteiger partial charge is 0.335 e. The van der Waals surface area contributed by atoms with Crippen LogP contribution < -0.4 is 0 Å². The molecule has 0 bridgehead atoms. The molecule has 0 unspecified atom stereocenters. The molecule has 2 nitrogen and oxygen atoms in total. The number of hydrogen-bond acceptors (Lipinski definition) is 1. The second-order valence-electron chi connectivity index (χ2n) is 4.22. The largest absolute Gasteiger partial charge is 0.383 e. The first-order valence-electron chi connectivity index (χ1n) is 5.72. The highest BCUT2D eigenvalue weighted by Crippen LogP contribution is 2.26. The molecule has 0 radical (unpaired) electrons. The number of carbonyl (C=O) groups is 1. The molecule has 0 aliphatic heterocycles. The summed E-state index contributed by atoms with van der Waals surface area (Å²) in [7, 11) is 0. The van der Waals surface area contributed by atoms with Gasteiger partial charge in [-0.25, -0.2) is 8.78 Å².